The topological polar surface area (TPSA) is 55.8 Å². The van der Waals surface area contributed by atoms with E-state index in [1.807, 2.05) is 36.4 Å². The van der Waals surface area contributed by atoms with Gasteiger partial charge >= 0.3 is 5.97 Å². The van der Waals surface area contributed by atoms with Crippen LogP contribution in [0.1, 0.15) is 49.7 Å². The van der Waals surface area contributed by atoms with E-state index in [-0.39, 0.29) is 0 Å². The lowest BCUT2D eigenvalue weighted by atomic mass is 9.92. The fraction of sp³-hybridized carbons (Fsp3) is 0.409. The predicted molar refractivity (Wildman–Crippen MR) is 103 cm³/mol. The van der Waals surface area contributed by atoms with Crippen molar-refractivity contribution in [1.82, 2.24) is 0 Å². The lowest BCUT2D eigenvalue weighted by molar-refractivity contribution is -0.138. The Morgan fingerprint density at radius 1 is 1.04 bits per heavy atom. The highest BCUT2D eigenvalue weighted by molar-refractivity contribution is 5.76. The largest absolute Gasteiger partial charge is 0.497 e. The van der Waals surface area contributed by atoms with Crippen molar-refractivity contribution in [2.75, 3.05) is 13.7 Å². The van der Waals surface area contributed by atoms with Crippen LogP contribution in [0.15, 0.2) is 48.5 Å². The van der Waals surface area contributed by atoms with Crippen LogP contribution in [-0.4, -0.2) is 24.8 Å². The molecule has 0 saturated carbocycles. The van der Waals surface area contributed by atoms with Gasteiger partial charge < -0.3 is 14.6 Å². The molecule has 0 fully saturated rings. The lowest BCUT2D eigenvalue weighted by Crippen LogP contribution is -2.14. The molecule has 1 unspecified atom stereocenters. The summed E-state index contributed by atoms with van der Waals surface area (Å²) < 4.78 is 10.9. The predicted octanol–water partition coefficient (Wildman–Crippen LogP) is 5.07. The van der Waals surface area contributed by atoms with Crippen LogP contribution in [0.4, 0.5) is 0 Å². The highest BCUT2D eigenvalue weighted by Crippen LogP contribution is 2.25. The zero-order valence-corrected chi connectivity index (χ0v) is 15.6. The maximum Gasteiger partial charge on any atom is 0.311 e. The SMILES string of the molecule is CCCCCCOc1cccc(CC(C(=O)O)c2ccc(OC)cc2)c1. The molecule has 0 amide bonds. The van der Waals surface area contributed by atoms with Gasteiger partial charge in [0.25, 0.3) is 0 Å². The van der Waals surface area contributed by atoms with Gasteiger partial charge in [-0.2, -0.15) is 0 Å². The summed E-state index contributed by atoms with van der Waals surface area (Å²) in [6, 6.07) is 14.9. The number of carbonyl (C=O) groups is 1. The minimum Gasteiger partial charge on any atom is -0.497 e. The number of ether oxygens (including phenoxy) is 2. The third-order valence-corrected chi connectivity index (χ3v) is 4.42. The first-order chi connectivity index (χ1) is 12.6. The molecule has 140 valence electrons. The molecule has 0 saturated heterocycles. The highest BCUT2D eigenvalue weighted by atomic mass is 16.5. The number of carboxylic acids is 1. The second-order valence-electron chi connectivity index (χ2n) is 6.42. The molecule has 1 N–H and O–H groups in total. The second-order valence-corrected chi connectivity index (χ2v) is 6.42. The van der Waals surface area contributed by atoms with Gasteiger partial charge in [-0.25, -0.2) is 0 Å². The smallest absolute Gasteiger partial charge is 0.311 e. The molecule has 0 heterocycles. The molecule has 0 aromatic heterocycles. The molecule has 1 atom stereocenters. The lowest BCUT2D eigenvalue weighted by Gasteiger charge is -2.14. The fourth-order valence-electron chi connectivity index (χ4n) is 2.90. The summed E-state index contributed by atoms with van der Waals surface area (Å²) in [4.78, 5) is 11.8. The molecule has 0 radical (unpaired) electrons. The van der Waals surface area contributed by atoms with Crippen LogP contribution >= 0.6 is 0 Å². The standard InChI is InChI=1S/C22H28O4/c1-3-4-5-6-14-26-20-9-7-8-17(15-20)16-21(22(23)24)18-10-12-19(25-2)13-11-18/h7-13,15,21H,3-6,14,16H2,1-2H3,(H,23,24). The number of rotatable bonds is 11. The average Bonchev–Trinajstić information content (AvgIpc) is 2.66. The molecule has 26 heavy (non-hydrogen) atoms. The van der Waals surface area contributed by atoms with E-state index in [0.29, 0.717) is 13.0 Å². The summed E-state index contributed by atoms with van der Waals surface area (Å²) in [7, 11) is 1.59. The molecule has 0 aliphatic carbocycles. The Morgan fingerprint density at radius 2 is 1.81 bits per heavy atom. The van der Waals surface area contributed by atoms with Crippen molar-refractivity contribution in [2.45, 2.75) is 44.9 Å². The molecule has 2 aromatic rings. The Balaban J connectivity index is 2.01. The van der Waals surface area contributed by atoms with Crippen LogP contribution < -0.4 is 9.47 Å². The van der Waals surface area contributed by atoms with Crippen molar-refractivity contribution in [3.05, 3.63) is 59.7 Å². The molecule has 0 spiro atoms. The van der Waals surface area contributed by atoms with Gasteiger partial charge in [0.2, 0.25) is 0 Å². The Morgan fingerprint density at radius 3 is 2.46 bits per heavy atom. The first-order valence-electron chi connectivity index (χ1n) is 9.22. The number of aliphatic carboxylic acids is 1. The summed E-state index contributed by atoms with van der Waals surface area (Å²) in [5.41, 5.74) is 1.73. The summed E-state index contributed by atoms with van der Waals surface area (Å²) in [5.74, 6) is 0.0935. The minimum absolute atomic E-state index is 0.425. The van der Waals surface area contributed by atoms with Crippen molar-refractivity contribution in [1.29, 1.82) is 0 Å². The van der Waals surface area contributed by atoms with E-state index in [1.54, 1.807) is 19.2 Å². The zero-order valence-electron chi connectivity index (χ0n) is 15.6. The van der Waals surface area contributed by atoms with Crippen LogP contribution in [-0.2, 0) is 11.2 Å². The number of carboxylic acid groups (broad SMARTS) is 1. The number of benzene rings is 2. The Labute approximate surface area is 155 Å². The molecular formula is C22H28O4. The van der Waals surface area contributed by atoms with Gasteiger partial charge in [-0.3, -0.25) is 4.79 Å². The van der Waals surface area contributed by atoms with Gasteiger partial charge in [0.1, 0.15) is 11.5 Å². The monoisotopic (exact) mass is 356 g/mol. The number of hydrogen-bond acceptors (Lipinski definition) is 3. The third-order valence-electron chi connectivity index (χ3n) is 4.42. The van der Waals surface area contributed by atoms with Gasteiger partial charge in [0.05, 0.1) is 19.6 Å². The molecule has 2 aromatic carbocycles. The molecular weight excluding hydrogens is 328 g/mol. The number of hydrogen-bond donors (Lipinski definition) is 1. The van der Waals surface area contributed by atoms with E-state index in [9.17, 15) is 9.90 Å². The zero-order chi connectivity index (χ0) is 18.8. The molecule has 0 aliphatic heterocycles. The van der Waals surface area contributed by atoms with Crippen LogP contribution in [0.25, 0.3) is 0 Å². The summed E-state index contributed by atoms with van der Waals surface area (Å²) >= 11 is 0. The Bertz CT molecular complexity index is 679. The van der Waals surface area contributed by atoms with Gasteiger partial charge in [-0.05, 0) is 48.2 Å². The third kappa shape index (κ3) is 6.10. The summed E-state index contributed by atoms with van der Waals surface area (Å²) in [5, 5.41) is 9.65. The average molecular weight is 356 g/mol. The van der Waals surface area contributed by atoms with Crippen molar-refractivity contribution in [3.63, 3.8) is 0 Å². The van der Waals surface area contributed by atoms with Crippen molar-refractivity contribution >= 4 is 5.97 Å². The number of unbranched alkanes of at least 4 members (excludes halogenated alkanes) is 3. The van der Waals surface area contributed by atoms with Crippen LogP contribution in [0.5, 0.6) is 11.5 Å². The minimum atomic E-state index is -0.832. The Kier molecular flexibility index (Phi) is 8.00. The normalized spacial score (nSPS) is 11.8. The maximum absolute atomic E-state index is 11.8. The second kappa shape index (κ2) is 10.5. The fourth-order valence-corrected chi connectivity index (χ4v) is 2.90. The van der Waals surface area contributed by atoms with Crippen LogP contribution in [0.2, 0.25) is 0 Å². The molecule has 0 bridgehead atoms. The van der Waals surface area contributed by atoms with E-state index < -0.39 is 11.9 Å². The Hall–Kier alpha value is -2.49. The molecule has 2 rings (SSSR count). The van der Waals surface area contributed by atoms with Crippen molar-refractivity contribution in [2.24, 2.45) is 0 Å². The van der Waals surface area contributed by atoms with Gasteiger partial charge in [0, 0.05) is 0 Å². The number of methoxy groups -OCH3 is 1. The highest BCUT2D eigenvalue weighted by Gasteiger charge is 2.20. The van der Waals surface area contributed by atoms with Crippen molar-refractivity contribution in [3.8, 4) is 11.5 Å². The molecule has 4 heteroatoms. The first-order valence-corrected chi connectivity index (χ1v) is 9.22. The van der Waals surface area contributed by atoms with Crippen molar-refractivity contribution < 1.29 is 19.4 Å². The van der Waals surface area contributed by atoms with E-state index in [2.05, 4.69) is 6.92 Å². The molecule has 4 nitrogen and oxygen atoms in total. The van der Waals surface area contributed by atoms with E-state index in [4.69, 9.17) is 9.47 Å². The first kappa shape index (κ1) is 19.8. The van der Waals surface area contributed by atoms with Gasteiger partial charge in [0.15, 0.2) is 0 Å². The maximum atomic E-state index is 11.8. The van der Waals surface area contributed by atoms with Gasteiger partial charge in [-0.1, -0.05) is 50.5 Å². The van der Waals surface area contributed by atoms with E-state index in [0.717, 1.165) is 29.0 Å². The van der Waals surface area contributed by atoms with E-state index in [1.165, 1.54) is 19.3 Å². The van der Waals surface area contributed by atoms with Crippen LogP contribution in [0.3, 0.4) is 0 Å². The molecule has 0 aliphatic rings. The quantitative estimate of drug-likeness (QED) is 0.571. The van der Waals surface area contributed by atoms with E-state index >= 15 is 0 Å². The summed E-state index contributed by atoms with van der Waals surface area (Å²) in [6.07, 6.45) is 5.08. The van der Waals surface area contributed by atoms with Crippen LogP contribution in [0, 0.1) is 0 Å². The van der Waals surface area contributed by atoms with Gasteiger partial charge in [-0.15, -0.1) is 0 Å². The summed E-state index contributed by atoms with van der Waals surface area (Å²) in [6.45, 7) is 2.89.